The highest BCUT2D eigenvalue weighted by molar-refractivity contribution is 6.00. The van der Waals surface area contributed by atoms with Crippen LogP contribution >= 0.6 is 0 Å². The number of aromatic nitrogens is 4. The third-order valence-electron chi connectivity index (χ3n) is 12.0. The molecule has 8 aromatic rings. The van der Waals surface area contributed by atoms with E-state index in [1.807, 2.05) is 112 Å². The first kappa shape index (κ1) is 42.9. The Labute approximate surface area is 378 Å². The Kier molecular flexibility index (Phi) is 11.9. The number of aromatic amines is 1. The predicted molar refractivity (Wildman–Crippen MR) is 253 cm³/mol. The minimum absolute atomic E-state index is 0.319. The Morgan fingerprint density at radius 1 is 0.646 bits per heavy atom. The van der Waals surface area contributed by atoms with Crippen LogP contribution in [-0.2, 0) is 27.1 Å². The Bertz CT molecular complexity index is 3050. The summed E-state index contributed by atoms with van der Waals surface area (Å²) >= 11 is 0. The summed E-state index contributed by atoms with van der Waals surface area (Å²) in [4.78, 5) is 50.7. The number of benzene rings is 4. The van der Waals surface area contributed by atoms with Crippen molar-refractivity contribution < 1.29 is 28.6 Å². The second kappa shape index (κ2) is 18.0. The van der Waals surface area contributed by atoms with Crippen molar-refractivity contribution in [1.82, 2.24) is 19.5 Å². The molecule has 0 bridgehead atoms. The highest BCUT2D eigenvalue weighted by Gasteiger charge is 2.28. The second-order valence-electron chi connectivity index (χ2n) is 18.0. The first-order chi connectivity index (χ1) is 31.5. The van der Waals surface area contributed by atoms with Gasteiger partial charge in [-0.25, -0.2) is 14.4 Å². The van der Waals surface area contributed by atoms with Crippen LogP contribution in [0.15, 0.2) is 134 Å². The molecule has 65 heavy (non-hydrogen) atoms. The number of nitrogens with zero attached hydrogens (tertiary/aromatic N) is 3. The summed E-state index contributed by atoms with van der Waals surface area (Å²) in [5.74, 6) is 0.339. The number of rotatable bonds is 10. The maximum absolute atomic E-state index is 13.0. The molecule has 1 N–H and O–H groups in total. The molecular weight excluding hydrogens is 813 g/mol. The zero-order valence-electron chi connectivity index (χ0n) is 37.4. The van der Waals surface area contributed by atoms with Crippen LogP contribution in [0, 0.1) is 0 Å². The Balaban J connectivity index is 0.000000168. The van der Waals surface area contributed by atoms with Gasteiger partial charge in [0.05, 0.1) is 47.8 Å². The normalized spacial score (nSPS) is 13.6. The lowest BCUT2D eigenvalue weighted by molar-refractivity contribution is 0.0541. The maximum Gasteiger partial charge on any atom is 0.419 e. The second-order valence-corrected chi connectivity index (χ2v) is 18.0. The molecule has 4 heterocycles. The average Bonchev–Trinajstić information content (AvgIpc) is 4.26. The van der Waals surface area contributed by atoms with Gasteiger partial charge in [0.1, 0.15) is 5.60 Å². The smallest absolute Gasteiger partial charge is 0.419 e. The van der Waals surface area contributed by atoms with Crippen LogP contribution in [0.25, 0.3) is 44.1 Å². The van der Waals surface area contributed by atoms with Gasteiger partial charge in [-0.3, -0.25) is 14.5 Å². The molecule has 10 rings (SSSR count). The predicted octanol–water partition coefficient (Wildman–Crippen LogP) is 12.2. The number of carbonyl (C=O) groups excluding carboxylic acids is 3. The first-order valence-electron chi connectivity index (χ1n) is 22.2. The molecule has 10 heteroatoms. The zero-order chi connectivity index (χ0) is 45.2. The number of esters is 2. The number of nitrogens with one attached hydrogen (secondary N) is 1. The lowest BCUT2D eigenvalue weighted by atomic mass is 9.96. The van der Waals surface area contributed by atoms with Gasteiger partial charge in [0, 0.05) is 59.5 Å². The van der Waals surface area contributed by atoms with Gasteiger partial charge in [-0.15, -0.1) is 0 Å². The SMILES string of the molecule is COC(=O)c1cc(C2CC2)cnc1Cc1cc(-c2ccccc2)c2[nH]ccc2c1.COC(=O)c1cc(C2CC2)cnc1Cc1cc(-c2ccccc2)c2c(ccn2C(=O)OC(C)(C)C)c1. The molecule has 0 atom stereocenters. The molecule has 0 aliphatic heterocycles. The van der Waals surface area contributed by atoms with E-state index >= 15 is 0 Å². The molecule has 2 saturated carbocycles. The Morgan fingerprint density at radius 3 is 1.66 bits per heavy atom. The lowest BCUT2D eigenvalue weighted by Gasteiger charge is -2.20. The van der Waals surface area contributed by atoms with Gasteiger partial charge in [0.2, 0.25) is 0 Å². The summed E-state index contributed by atoms with van der Waals surface area (Å²) in [5.41, 5.74) is 12.4. The van der Waals surface area contributed by atoms with Crippen LogP contribution in [-0.4, -0.2) is 57.4 Å². The quantitative estimate of drug-likeness (QED) is 0.106. The molecular formula is C55H52N4O6. The third-order valence-corrected chi connectivity index (χ3v) is 12.0. The number of hydrogen-bond donors (Lipinski definition) is 1. The van der Waals surface area contributed by atoms with E-state index in [4.69, 9.17) is 14.2 Å². The average molecular weight is 865 g/mol. The molecule has 2 fully saturated rings. The fourth-order valence-corrected chi connectivity index (χ4v) is 8.47. The van der Waals surface area contributed by atoms with Gasteiger partial charge in [0.25, 0.3) is 0 Å². The summed E-state index contributed by atoms with van der Waals surface area (Å²) in [7, 11) is 2.82. The van der Waals surface area contributed by atoms with Gasteiger partial charge in [0.15, 0.2) is 0 Å². The highest BCUT2D eigenvalue weighted by Crippen LogP contribution is 2.42. The van der Waals surface area contributed by atoms with E-state index in [-0.39, 0.29) is 11.9 Å². The van der Waals surface area contributed by atoms with E-state index in [2.05, 4.69) is 51.4 Å². The number of pyridine rings is 2. The van der Waals surface area contributed by atoms with Crippen LogP contribution in [0.4, 0.5) is 4.79 Å². The lowest BCUT2D eigenvalue weighted by Crippen LogP contribution is -2.26. The van der Waals surface area contributed by atoms with Gasteiger partial charge in [-0.2, -0.15) is 0 Å². The molecule has 0 unspecified atom stereocenters. The van der Waals surface area contributed by atoms with Crippen LogP contribution in [0.5, 0.6) is 0 Å². The molecule has 0 spiro atoms. The molecule has 328 valence electrons. The highest BCUT2D eigenvalue weighted by atomic mass is 16.6. The van der Waals surface area contributed by atoms with E-state index in [1.54, 1.807) is 10.8 Å². The maximum atomic E-state index is 13.0. The van der Waals surface area contributed by atoms with Crippen LogP contribution in [0.1, 0.15) is 113 Å². The standard InChI is InChI=1S/C30H30N2O4.C25H22N2O2/c1-30(2,3)36-29(34)32-13-12-22-14-19(15-24(27(22)32)21-8-6-5-7-9-21)16-26-25(28(33)35-4)17-23(18-31-26)20-10-11-20;1-29-25(28)22-14-20(17-7-8-17)15-27-23(22)13-16-11-19-9-10-26-24(19)21(12-16)18-5-3-2-4-6-18/h5-9,12-15,17-18,20H,10-11,16H2,1-4H3;2-6,9-12,14-15,17,26H,7-8,13H2,1H3. The van der Waals surface area contributed by atoms with Crippen molar-refractivity contribution in [2.75, 3.05) is 14.2 Å². The van der Waals surface area contributed by atoms with E-state index < -0.39 is 11.7 Å². The fourth-order valence-electron chi connectivity index (χ4n) is 8.47. The first-order valence-corrected chi connectivity index (χ1v) is 22.2. The van der Waals surface area contributed by atoms with Crippen molar-refractivity contribution in [1.29, 1.82) is 0 Å². The molecule has 4 aromatic carbocycles. The van der Waals surface area contributed by atoms with Crippen molar-refractivity contribution in [3.63, 3.8) is 0 Å². The molecule has 0 radical (unpaired) electrons. The summed E-state index contributed by atoms with van der Waals surface area (Å²) < 4.78 is 17.3. The fraction of sp³-hybridized carbons (Fsp3) is 0.255. The van der Waals surface area contributed by atoms with Gasteiger partial charge >= 0.3 is 18.0 Å². The minimum Gasteiger partial charge on any atom is -0.465 e. The van der Waals surface area contributed by atoms with E-state index in [0.717, 1.165) is 84.8 Å². The van der Waals surface area contributed by atoms with Gasteiger partial charge < -0.3 is 19.2 Å². The largest absolute Gasteiger partial charge is 0.465 e. The molecule has 2 aliphatic rings. The Morgan fingerprint density at radius 2 is 1.15 bits per heavy atom. The van der Waals surface area contributed by atoms with E-state index in [0.29, 0.717) is 41.5 Å². The minimum atomic E-state index is -0.608. The van der Waals surface area contributed by atoms with Crippen molar-refractivity contribution in [3.05, 3.63) is 179 Å². The van der Waals surface area contributed by atoms with Crippen LogP contribution in [0.2, 0.25) is 0 Å². The van der Waals surface area contributed by atoms with Crippen molar-refractivity contribution in [3.8, 4) is 22.3 Å². The third kappa shape index (κ3) is 9.62. The summed E-state index contributed by atoms with van der Waals surface area (Å²) in [5, 5.41) is 2.06. The van der Waals surface area contributed by atoms with Crippen molar-refractivity contribution in [2.24, 2.45) is 0 Å². The topological polar surface area (TPSA) is 125 Å². The van der Waals surface area contributed by atoms with Crippen molar-refractivity contribution in [2.45, 2.75) is 76.7 Å². The molecule has 4 aromatic heterocycles. The number of methoxy groups -OCH3 is 2. The molecule has 0 amide bonds. The van der Waals surface area contributed by atoms with Gasteiger partial charge in [-0.1, -0.05) is 60.7 Å². The van der Waals surface area contributed by atoms with Gasteiger partial charge in [-0.05, 0) is 140 Å². The number of fused-ring (bicyclic) bond motifs is 2. The monoisotopic (exact) mass is 864 g/mol. The van der Waals surface area contributed by atoms with Crippen LogP contribution < -0.4 is 0 Å². The molecule has 2 aliphatic carbocycles. The molecule has 0 saturated heterocycles. The zero-order valence-corrected chi connectivity index (χ0v) is 37.4. The number of H-pyrrole nitrogens is 1. The number of carbonyl (C=O) groups is 3. The molecule has 10 nitrogen and oxygen atoms in total. The number of ether oxygens (including phenoxy) is 3. The number of hydrogen-bond acceptors (Lipinski definition) is 8. The summed E-state index contributed by atoms with van der Waals surface area (Å²) in [6.45, 7) is 5.56. The van der Waals surface area contributed by atoms with E-state index in [9.17, 15) is 14.4 Å². The van der Waals surface area contributed by atoms with Crippen molar-refractivity contribution >= 4 is 39.8 Å². The summed E-state index contributed by atoms with van der Waals surface area (Å²) in [6, 6.07) is 36.6. The van der Waals surface area contributed by atoms with Crippen LogP contribution in [0.3, 0.4) is 0 Å². The Hall–Kier alpha value is -7.33. The van der Waals surface area contributed by atoms with E-state index in [1.165, 1.54) is 27.1 Å². The summed E-state index contributed by atoms with van der Waals surface area (Å²) in [6.07, 6.45) is 12.7.